The molecule has 126 valence electrons. The van der Waals surface area contributed by atoms with Crippen molar-refractivity contribution in [3.63, 3.8) is 0 Å². The maximum Gasteiger partial charge on any atom is 0.224 e. The quantitative estimate of drug-likeness (QED) is 0.638. The second kappa shape index (κ2) is 9.66. The van der Waals surface area contributed by atoms with E-state index in [4.69, 9.17) is 0 Å². The van der Waals surface area contributed by atoms with Crippen LogP contribution in [0, 0.1) is 0 Å². The summed E-state index contributed by atoms with van der Waals surface area (Å²) in [4.78, 5) is 16.6. The Balaban J connectivity index is 1.90. The number of para-hydroxylation sites is 1. The first-order chi connectivity index (χ1) is 11.7. The molecule has 0 atom stereocenters. The second-order valence-electron chi connectivity index (χ2n) is 5.84. The Hall–Kier alpha value is -2.42. The third-order valence-electron chi connectivity index (χ3n) is 3.99. The van der Waals surface area contributed by atoms with Crippen LogP contribution in [0.15, 0.2) is 60.3 Å². The van der Waals surface area contributed by atoms with Crippen LogP contribution in [0.3, 0.4) is 0 Å². The maximum atomic E-state index is 12.3. The Kier molecular flexibility index (Phi) is 7.21. The van der Waals surface area contributed by atoms with Crippen molar-refractivity contribution in [2.24, 2.45) is 0 Å². The molecule has 24 heavy (non-hydrogen) atoms. The highest BCUT2D eigenvalue weighted by molar-refractivity contribution is 6.00. The predicted octanol–water partition coefficient (Wildman–Crippen LogP) is 5.65. The molecule has 0 radical (unpaired) electrons. The fraction of sp³-hybridized carbons (Fsp3) is 0.333. The van der Waals surface area contributed by atoms with E-state index in [0.717, 1.165) is 35.9 Å². The number of hydrogen-bond acceptors (Lipinski definition) is 2. The second-order valence-corrected chi connectivity index (χ2v) is 5.84. The Morgan fingerprint density at radius 1 is 1.17 bits per heavy atom. The number of nitrogens with zero attached hydrogens (tertiary/aromatic N) is 1. The molecular formula is C21H26N2O. The van der Waals surface area contributed by atoms with Gasteiger partial charge in [0.15, 0.2) is 0 Å². The normalized spacial score (nSPS) is 12.0. The fourth-order valence-electron chi connectivity index (χ4n) is 2.58. The third kappa shape index (κ3) is 5.34. The van der Waals surface area contributed by atoms with Crippen molar-refractivity contribution in [3.05, 3.63) is 60.3 Å². The molecule has 1 aromatic heterocycles. The SMILES string of the molecule is C/C=C(/C/C=C/CCC)CCC(=O)Nc1cccc2cccnc12. The molecule has 1 heterocycles. The Bertz CT molecular complexity index is 726. The number of carbonyl (C=O) groups is 1. The summed E-state index contributed by atoms with van der Waals surface area (Å²) in [6.45, 7) is 4.21. The molecular weight excluding hydrogens is 296 g/mol. The smallest absolute Gasteiger partial charge is 0.224 e. The minimum Gasteiger partial charge on any atom is -0.324 e. The number of pyridine rings is 1. The average molecular weight is 322 g/mol. The van der Waals surface area contributed by atoms with Gasteiger partial charge in [0.05, 0.1) is 11.2 Å². The van der Waals surface area contributed by atoms with Gasteiger partial charge in [-0.15, -0.1) is 0 Å². The van der Waals surface area contributed by atoms with E-state index in [1.54, 1.807) is 6.20 Å². The van der Waals surface area contributed by atoms with Gasteiger partial charge in [0.25, 0.3) is 0 Å². The van der Waals surface area contributed by atoms with E-state index in [1.807, 2.05) is 37.3 Å². The van der Waals surface area contributed by atoms with E-state index >= 15 is 0 Å². The molecule has 1 N–H and O–H groups in total. The van der Waals surface area contributed by atoms with E-state index in [-0.39, 0.29) is 5.91 Å². The van der Waals surface area contributed by atoms with E-state index < -0.39 is 0 Å². The molecule has 0 saturated carbocycles. The molecule has 0 bridgehead atoms. The van der Waals surface area contributed by atoms with Gasteiger partial charge < -0.3 is 5.32 Å². The van der Waals surface area contributed by atoms with Gasteiger partial charge in [0, 0.05) is 18.0 Å². The zero-order chi connectivity index (χ0) is 17.2. The third-order valence-corrected chi connectivity index (χ3v) is 3.99. The molecule has 2 aromatic rings. The van der Waals surface area contributed by atoms with E-state index in [2.05, 4.69) is 35.5 Å². The lowest BCUT2D eigenvalue weighted by atomic mass is 10.1. The summed E-state index contributed by atoms with van der Waals surface area (Å²) in [5.74, 6) is 0.0324. The number of fused-ring (bicyclic) bond motifs is 1. The van der Waals surface area contributed by atoms with Gasteiger partial charge in [-0.1, -0.05) is 55.3 Å². The number of rotatable bonds is 8. The van der Waals surface area contributed by atoms with Crippen LogP contribution in [0.5, 0.6) is 0 Å². The van der Waals surface area contributed by atoms with Gasteiger partial charge in [-0.3, -0.25) is 9.78 Å². The van der Waals surface area contributed by atoms with Crippen molar-refractivity contribution in [3.8, 4) is 0 Å². The first-order valence-electron chi connectivity index (χ1n) is 8.67. The van der Waals surface area contributed by atoms with Crippen LogP contribution in [-0.4, -0.2) is 10.9 Å². The molecule has 3 nitrogen and oxygen atoms in total. The van der Waals surface area contributed by atoms with Crippen molar-refractivity contribution in [1.29, 1.82) is 0 Å². The fourth-order valence-corrected chi connectivity index (χ4v) is 2.58. The highest BCUT2D eigenvalue weighted by atomic mass is 16.1. The number of aromatic nitrogens is 1. The molecule has 1 aromatic carbocycles. The molecule has 0 unspecified atom stereocenters. The Morgan fingerprint density at radius 3 is 2.79 bits per heavy atom. The number of anilines is 1. The zero-order valence-electron chi connectivity index (χ0n) is 14.6. The van der Waals surface area contributed by atoms with Crippen molar-refractivity contribution in [2.45, 2.75) is 46.0 Å². The number of carbonyl (C=O) groups excluding carboxylic acids is 1. The highest BCUT2D eigenvalue weighted by Gasteiger charge is 2.07. The van der Waals surface area contributed by atoms with Crippen molar-refractivity contribution >= 4 is 22.5 Å². The van der Waals surface area contributed by atoms with Crippen LogP contribution in [0.25, 0.3) is 10.9 Å². The maximum absolute atomic E-state index is 12.3. The largest absolute Gasteiger partial charge is 0.324 e. The number of allylic oxidation sites excluding steroid dienone is 4. The minimum atomic E-state index is 0.0324. The van der Waals surface area contributed by atoms with Gasteiger partial charge in [-0.2, -0.15) is 0 Å². The molecule has 0 aliphatic rings. The molecule has 2 rings (SSSR count). The van der Waals surface area contributed by atoms with Crippen LogP contribution < -0.4 is 5.32 Å². The number of hydrogen-bond donors (Lipinski definition) is 1. The summed E-state index contributed by atoms with van der Waals surface area (Å²) < 4.78 is 0. The van der Waals surface area contributed by atoms with E-state index in [9.17, 15) is 4.79 Å². The molecule has 0 aliphatic heterocycles. The number of amides is 1. The van der Waals surface area contributed by atoms with E-state index in [1.165, 1.54) is 12.0 Å². The Labute approximate surface area is 144 Å². The van der Waals surface area contributed by atoms with Crippen molar-refractivity contribution in [1.82, 2.24) is 4.98 Å². The first-order valence-corrected chi connectivity index (χ1v) is 8.67. The van der Waals surface area contributed by atoms with E-state index in [0.29, 0.717) is 6.42 Å². The van der Waals surface area contributed by atoms with Crippen LogP contribution in [0.2, 0.25) is 0 Å². The summed E-state index contributed by atoms with van der Waals surface area (Å²) in [7, 11) is 0. The van der Waals surface area contributed by atoms with Crippen LogP contribution >= 0.6 is 0 Å². The number of unbranched alkanes of at least 4 members (excludes halogenated alkanes) is 1. The van der Waals surface area contributed by atoms with Crippen LogP contribution in [0.4, 0.5) is 5.69 Å². The van der Waals surface area contributed by atoms with Gasteiger partial charge in [-0.25, -0.2) is 0 Å². The predicted molar refractivity (Wildman–Crippen MR) is 102 cm³/mol. The van der Waals surface area contributed by atoms with Crippen LogP contribution in [-0.2, 0) is 4.79 Å². The average Bonchev–Trinajstić information content (AvgIpc) is 2.61. The molecule has 0 aliphatic carbocycles. The summed E-state index contributed by atoms with van der Waals surface area (Å²) in [5.41, 5.74) is 2.92. The van der Waals surface area contributed by atoms with Crippen molar-refractivity contribution in [2.75, 3.05) is 5.32 Å². The molecule has 0 spiro atoms. The molecule has 0 saturated heterocycles. The standard InChI is InChI=1S/C21H26N2O/c1-3-5-6-7-10-17(4-2)14-15-20(24)23-19-13-8-11-18-12-9-16-22-21(18)19/h4,6-9,11-13,16H,3,5,10,14-15H2,1-2H3,(H,23,24)/b7-6+,17-4-. The topological polar surface area (TPSA) is 42.0 Å². The lowest BCUT2D eigenvalue weighted by Gasteiger charge is -2.09. The monoisotopic (exact) mass is 322 g/mol. The summed E-state index contributed by atoms with van der Waals surface area (Å²) in [5, 5.41) is 4.03. The number of nitrogens with one attached hydrogen (secondary N) is 1. The van der Waals surface area contributed by atoms with Gasteiger partial charge in [0.2, 0.25) is 5.91 Å². The van der Waals surface area contributed by atoms with Gasteiger partial charge in [-0.05, 0) is 38.3 Å². The summed E-state index contributed by atoms with van der Waals surface area (Å²) in [6, 6.07) is 9.74. The Morgan fingerprint density at radius 2 is 2.00 bits per heavy atom. The van der Waals surface area contributed by atoms with Gasteiger partial charge >= 0.3 is 0 Å². The molecule has 0 fully saturated rings. The first kappa shape index (κ1) is 17.9. The lowest BCUT2D eigenvalue weighted by molar-refractivity contribution is -0.116. The lowest BCUT2D eigenvalue weighted by Crippen LogP contribution is -2.12. The highest BCUT2D eigenvalue weighted by Crippen LogP contribution is 2.21. The zero-order valence-corrected chi connectivity index (χ0v) is 14.6. The minimum absolute atomic E-state index is 0.0324. The van der Waals surface area contributed by atoms with Gasteiger partial charge in [0.1, 0.15) is 0 Å². The molecule has 3 heteroatoms. The van der Waals surface area contributed by atoms with Crippen LogP contribution in [0.1, 0.15) is 46.0 Å². The summed E-state index contributed by atoms with van der Waals surface area (Å²) in [6.07, 6.45) is 12.8. The molecule has 1 amide bonds. The summed E-state index contributed by atoms with van der Waals surface area (Å²) >= 11 is 0. The number of benzene rings is 1. The van der Waals surface area contributed by atoms with Crippen molar-refractivity contribution < 1.29 is 4.79 Å².